The van der Waals surface area contributed by atoms with E-state index >= 15 is 0 Å². The molecule has 2 aliphatic heterocycles. The van der Waals surface area contributed by atoms with Gasteiger partial charge in [0.2, 0.25) is 5.79 Å². The molecule has 6 aliphatic rings. The zero-order valence-electron chi connectivity index (χ0n) is 17.2. The van der Waals surface area contributed by atoms with Gasteiger partial charge in [-0.2, -0.15) is 0 Å². The van der Waals surface area contributed by atoms with Gasteiger partial charge in [0.1, 0.15) is 12.2 Å². The molecule has 0 aromatic carbocycles. The van der Waals surface area contributed by atoms with Crippen LogP contribution in [0.1, 0.15) is 46.0 Å². The Morgan fingerprint density at radius 1 is 1.14 bits per heavy atom. The summed E-state index contributed by atoms with van der Waals surface area (Å²) in [4.78, 5) is 12.0. The first-order valence-corrected chi connectivity index (χ1v) is 11.0. The van der Waals surface area contributed by atoms with Crippen molar-refractivity contribution in [2.45, 2.75) is 63.4 Å². The van der Waals surface area contributed by atoms with E-state index in [0.29, 0.717) is 24.9 Å². The highest BCUT2D eigenvalue weighted by Crippen LogP contribution is 2.71. The second kappa shape index (κ2) is 5.80. The molecule has 0 bridgehead atoms. The maximum Gasteiger partial charge on any atom is 0.226 e. The second-order valence-corrected chi connectivity index (χ2v) is 10.3. The largest absolute Gasteiger partial charge is 0.393 e. The predicted molar refractivity (Wildman–Crippen MR) is 102 cm³/mol. The summed E-state index contributed by atoms with van der Waals surface area (Å²) < 4.78 is 24.0. The third-order valence-corrected chi connectivity index (χ3v) is 9.50. The lowest BCUT2D eigenvalue weighted by atomic mass is 9.46. The van der Waals surface area contributed by atoms with Crippen molar-refractivity contribution in [3.8, 4) is 0 Å². The normalized spacial score (nSPS) is 55.8. The van der Waals surface area contributed by atoms with E-state index in [1.54, 1.807) is 12.2 Å². The van der Waals surface area contributed by atoms with Crippen LogP contribution in [-0.4, -0.2) is 48.6 Å². The molecule has 2 spiro atoms. The van der Waals surface area contributed by atoms with Crippen molar-refractivity contribution in [1.29, 1.82) is 0 Å². The summed E-state index contributed by atoms with van der Waals surface area (Å²) in [5.41, 5.74) is 0.114. The van der Waals surface area contributed by atoms with Gasteiger partial charge < -0.3 is 24.1 Å². The Morgan fingerprint density at radius 2 is 1.97 bits per heavy atom. The number of hydrogen-bond donors (Lipinski definition) is 1. The van der Waals surface area contributed by atoms with Crippen molar-refractivity contribution in [2.75, 3.05) is 20.2 Å². The number of rotatable bonds is 0. The van der Waals surface area contributed by atoms with Gasteiger partial charge in [-0.1, -0.05) is 25.5 Å². The molecule has 6 heteroatoms. The summed E-state index contributed by atoms with van der Waals surface area (Å²) in [6, 6.07) is 0. The maximum absolute atomic E-state index is 12.0. The van der Waals surface area contributed by atoms with E-state index in [2.05, 4.69) is 19.9 Å². The first kappa shape index (κ1) is 18.7. The molecule has 5 fully saturated rings. The maximum atomic E-state index is 12.0. The van der Waals surface area contributed by atoms with E-state index in [9.17, 15) is 9.90 Å². The number of fused-ring (bicyclic) bond motifs is 7. The molecule has 0 radical (unpaired) electrons. The van der Waals surface area contributed by atoms with Crippen LogP contribution in [0.25, 0.3) is 0 Å². The van der Waals surface area contributed by atoms with Gasteiger partial charge in [0.25, 0.3) is 0 Å². The third kappa shape index (κ3) is 2.07. The number of allylic oxidation sites excluding steroid dienone is 4. The fourth-order valence-electron chi connectivity index (χ4n) is 8.30. The van der Waals surface area contributed by atoms with Gasteiger partial charge in [0, 0.05) is 16.7 Å². The molecule has 2 saturated heterocycles. The van der Waals surface area contributed by atoms with Gasteiger partial charge >= 0.3 is 0 Å². The number of ether oxygens (including phenoxy) is 4. The Hall–Kier alpha value is -1.05. The zero-order chi connectivity index (χ0) is 20.1. The lowest BCUT2D eigenvalue weighted by Crippen LogP contribution is -2.66. The van der Waals surface area contributed by atoms with Crippen molar-refractivity contribution in [3.05, 3.63) is 23.8 Å². The quantitative estimate of drug-likeness (QED) is 0.672. The molecule has 3 saturated carbocycles. The first-order chi connectivity index (χ1) is 13.9. The molecule has 1 N–H and O–H groups in total. The molecule has 8 atom stereocenters. The molecule has 0 aromatic rings. The lowest BCUT2D eigenvalue weighted by molar-refractivity contribution is -0.256. The lowest BCUT2D eigenvalue weighted by Gasteiger charge is -2.60. The van der Waals surface area contributed by atoms with Crippen LogP contribution >= 0.6 is 0 Å². The predicted octanol–water partition coefficient (Wildman–Crippen LogP) is 2.71. The van der Waals surface area contributed by atoms with Gasteiger partial charge in [0.15, 0.2) is 19.4 Å². The van der Waals surface area contributed by atoms with Crippen LogP contribution in [0, 0.1) is 28.6 Å². The molecule has 6 nitrogen and oxygen atoms in total. The molecule has 6 rings (SSSR count). The van der Waals surface area contributed by atoms with Crippen LogP contribution in [0.2, 0.25) is 0 Å². The number of ketones is 1. The molecule has 2 heterocycles. The molecular weight excluding hydrogens is 372 g/mol. The van der Waals surface area contributed by atoms with E-state index in [1.807, 2.05) is 0 Å². The molecular formula is C23H30O6. The highest BCUT2D eigenvalue weighted by atomic mass is 16.9. The Morgan fingerprint density at radius 3 is 2.76 bits per heavy atom. The highest BCUT2D eigenvalue weighted by Gasteiger charge is 2.76. The third-order valence-electron chi connectivity index (χ3n) is 9.50. The summed E-state index contributed by atoms with van der Waals surface area (Å²) in [6.07, 6.45) is 9.56. The van der Waals surface area contributed by atoms with E-state index in [4.69, 9.17) is 18.9 Å². The van der Waals surface area contributed by atoms with Crippen molar-refractivity contribution in [2.24, 2.45) is 28.6 Å². The summed E-state index contributed by atoms with van der Waals surface area (Å²) in [6.45, 7) is 5.31. The Balaban J connectivity index is 1.41. The number of aliphatic hydroxyl groups is 1. The van der Waals surface area contributed by atoms with E-state index in [0.717, 1.165) is 25.7 Å². The topological polar surface area (TPSA) is 74.2 Å². The fourth-order valence-corrected chi connectivity index (χ4v) is 8.30. The van der Waals surface area contributed by atoms with E-state index < -0.39 is 17.5 Å². The van der Waals surface area contributed by atoms with Gasteiger partial charge in [0.05, 0.1) is 6.10 Å². The van der Waals surface area contributed by atoms with Gasteiger partial charge in [-0.25, -0.2) is 0 Å². The van der Waals surface area contributed by atoms with Crippen LogP contribution in [-0.2, 0) is 23.7 Å². The number of aliphatic hydroxyl groups excluding tert-OH is 1. The van der Waals surface area contributed by atoms with Crippen LogP contribution in [0.3, 0.4) is 0 Å². The summed E-state index contributed by atoms with van der Waals surface area (Å²) in [7, 11) is 0. The van der Waals surface area contributed by atoms with Crippen molar-refractivity contribution in [1.82, 2.24) is 0 Å². The number of carbonyl (C=O) groups excluding carboxylic acids is 1. The van der Waals surface area contributed by atoms with Crippen molar-refractivity contribution in [3.63, 3.8) is 0 Å². The van der Waals surface area contributed by atoms with Crippen LogP contribution < -0.4 is 0 Å². The number of carbonyl (C=O) groups is 1. The number of hydrogen-bond acceptors (Lipinski definition) is 6. The van der Waals surface area contributed by atoms with Crippen LogP contribution in [0.5, 0.6) is 0 Å². The van der Waals surface area contributed by atoms with Gasteiger partial charge in [-0.3, -0.25) is 4.79 Å². The smallest absolute Gasteiger partial charge is 0.226 e. The summed E-state index contributed by atoms with van der Waals surface area (Å²) in [5, 5.41) is 11.5. The Bertz CT molecular complexity index is 807. The average Bonchev–Trinajstić information content (AvgIpc) is 3.37. The minimum atomic E-state index is -0.857. The highest BCUT2D eigenvalue weighted by molar-refractivity contribution is 6.01. The van der Waals surface area contributed by atoms with Crippen molar-refractivity contribution >= 4 is 5.78 Å². The zero-order valence-corrected chi connectivity index (χ0v) is 17.2. The minimum Gasteiger partial charge on any atom is -0.393 e. The molecule has 0 amide bonds. The van der Waals surface area contributed by atoms with E-state index in [1.165, 1.54) is 5.57 Å². The summed E-state index contributed by atoms with van der Waals surface area (Å²) >= 11 is 0. The van der Waals surface area contributed by atoms with Gasteiger partial charge in [-0.15, -0.1) is 0 Å². The Kier molecular flexibility index (Phi) is 3.74. The van der Waals surface area contributed by atoms with Crippen LogP contribution in [0.15, 0.2) is 23.8 Å². The monoisotopic (exact) mass is 402 g/mol. The van der Waals surface area contributed by atoms with E-state index in [-0.39, 0.29) is 36.1 Å². The molecule has 29 heavy (non-hydrogen) atoms. The molecule has 158 valence electrons. The average molecular weight is 402 g/mol. The molecule has 1 unspecified atom stereocenters. The summed E-state index contributed by atoms with van der Waals surface area (Å²) in [5.74, 6) is 0.140. The second-order valence-electron chi connectivity index (χ2n) is 10.3. The minimum absolute atomic E-state index is 0.0720. The SMILES string of the molecule is C[C@]12C=CC(=O)C=C1CC[C@@H]1[C@@H]2[C@@H](O)C[C@@]2(C)[C@H]1CC[C@@]21OCOC12COCO2. The Labute approximate surface area is 171 Å². The first-order valence-electron chi connectivity index (χ1n) is 11.0. The van der Waals surface area contributed by atoms with Gasteiger partial charge in [-0.05, 0) is 56.1 Å². The standard InChI is InChI=1S/C23H30O6/c1-20-7-5-15(24)9-14(20)3-4-16-17-6-8-22(21(17,2)10-18(25)19(16)20)23(29-13-27-22)11-26-12-28-23/h5,7,9,16-19,25H,3-4,6,8,10-13H2,1-2H3/t16-,17-,18-,19+,20-,21-,22+,23?/m0/s1. The van der Waals surface area contributed by atoms with Crippen LogP contribution in [0.4, 0.5) is 0 Å². The molecule has 4 aliphatic carbocycles. The molecule has 0 aromatic heterocycles. The fraction of sp³-hybridized carbons (Fsp3) is 0.783. The van der Waals surface area contributed by atoms with Crippen molar-refractivity contribution < 1.29 is 28.8 Å².